The van der Waals surface area contributed by atoms with E-state index in [9.17, 15) is 9.59 Å². The van der Waals surface area contributed by atoms with Gasteiger partial charge in [0.05, 0.1) is 4.91 Å². The number of benzene rings is 1. The summed E-state index contributed by atoms with van der Waals surface area (Å²) in [5.41, 5.74) is 2.02. The molecular weight excluding hydrogens is 332 g/mol. The number of thioether (sulfide) groups is 1. The molecule has 0 spiro atoms. The lowest BCUT2D eigenvalue weighted by atomic mass is 10.1. The molecule has 0 radical (unpaired) electrons. The fourth-order valence-electron chi connectivity index (χ4n) is 2.29. The van der Waals surface area contributed by atoms with Crippen LogP contribution < -0.4 is 4.90 Å². The van der Waals surface area contributed by atoms with E-state index in [1.54, 1.807) is 6.08 Å². The Morgan fingerprint density at radius 3 is 2.43 bits per heavy atom. The minimum absolute atomic E-state index is 0.281. The number of hydrogen-bond donors (Lipinski definition) is 1. The van der Waals surface area contributed by atoms with Crippen LogP contribution in [0.15, 0.2) is 29.2 Å². The maximum atomic E-state index is 12.2. The van der Waals surface area contributed by atoms with Gasteiger partial charge in [-0.25, -0.2) is 0 Å². The van der Waals surface area contributed by atoms with Gasteiger partial charge in [0.25, 0.3) is 5.91 Å². The molecule has 1 aromatic rings. The number of rotatable bonds is 6. The van der Waals surface area contributed by atoms with Crippen molar-refractivity contribution >= 4 is 51.9 Å². The maximum Gasteiger partial charge on any atom is 0.323 e. The molecule has 2 rings (SSSR count). The molecule has 0 atom stereocenters. The Morgan fingerprint density at radius 2 is 1.91 bits per heavy atom. The summed E-state index contributed by atoms with van der Waals surface area (Å²) < 4.78 is 0.281. The highest BCUT2D eigenvalue weighted by Gasteiger charge is 2.33. The first kappa shape index (κ1) is 17.5. The predicted octanol–water partition coefficient (Wildman–Crippen LogP) is 2.82. The average Bonchev–Trinajstić information content (AvgIpc) is 2.77. The molecule has 1 aromatic carbocycles. The first-order valence-corrected chi connectivity index (χ1v) is 8.50. The van der Waals surface area contributed by atoms with Gasteiger partial charge in [0.15, 0.2) is 0 Å². The quantitative estimate of drug-likeness (QED) is 0.629. The van der Waals surface area contributed by atoms with Gasteiger partial charge in [-0.3, -0.25) is 14.5 Å². The van der Waals surface area contributed by atoms with Crippen LogP contribution in [-0.2, 0) is 9.59 Å². The molecule has 1 aliphatic rings. The van der Waals surface area contributed by atoms with E-state index >= 15 is 0 Å². The van der Waals surface area contributed by atoms with Crippen LogP contribution in [0, 0.1) is 0 Å². The van der Waals surface area contributed by atoms with E-state index in [1.165, 1.54) is 0 Å². The van der Waals surface area contributed by atoms with Crippen LogP contribution in [-0.4, -0.2) is 45.8 Å². The summed E-state index contributed by atoms with van der Waals surface area (Å²) in [5.74, 6) is -1.43. The van der Waals surface area contributed by atoms with E-state index < -0.39 is 12.5 Å². The normalized spacial score (nSPS) is 16.3. The van der Waals surface area contributed by atoms with Crippen LogP contribution in [0.1, 0.15) is 19.4 Å². The molecule has 5 nitrogen and oxygen atoms in total. The Balaban J connectivity index is 2.17. The second kappa shape index (κ2) is 7.61. The second-order valence-corrected chi connectivity index (χ2v) is 6.60. The first-order chi connectivity index (χ1) is 11.0. The van der Waals surface area contributed by atoms with E-state index in [4.69, 9.17) is 17.3 Å². The zero-order chi connectivity index (χ0) is 17.0. The number of nitrogens with zero attached hydrogens (tertiary/aromatic N) is 2. The summed E-state index contributed by atoms with van der Waals surface area (Å²) in [6.07, 6.45) is 1.74. The Kier molecular flexibility index (Phi) is 5.79. The summed E-state index contributed by atoms with van der Waals surface area (Å²) in [5, 5.41) is 8.83. The number of thiocarbonyl (C=S) groups is 1. The van der Waals surface area contributed by atoms with Crippen molar-refractivity contribution in [3.8, 4) is 0 Å². The number of amides is 1. The number of hydrogen-bond acceptors (Lipinski definition) is 5. The second-order valence-electron chi connectivity index (χ2n) is 4.93. The molecule has 1 N–H and O–H groups in total. The lowest BCUT2D eigenvalue weighted by molar-refractivity contribution is -0.140. The Hall–Kier alpha value is -1.86. The highest BCUT2D eigenvalue weighted by Crippen LogP contribution is 2.32. The molecule has 23 heavy (non-hydrogen) atoms. The number of aliphatic carboxylic acids is 1. The average molecular weight is 350 g/mol. The van der Waals surface area contributed by atoms with Gasteiger partial charge in [-0.15, -0.1) is 0 Å². The molecule has 0 bridgehead atoms. The maximum absolute atomic E-state index is 12.2. The molecule has 0 saturated carbocycles. The van der Waals surface area contributed by atoms with Crippen molar-refractivity contribution in [1.29, 1.82) is 0 Å². The van der Waals surface area contributed by atoms with Gasteiger partial charge in [0.2, 0.25) is 0 Å². The van der Waals surface area contributed by atoms with Crippen molar-refractivity contribution in [3.63, 3.8) is 0 Å². The fourth-order valence-corrected chi connectivity index (χ4v) is 3.55. The number of carboxylic acids is 1. The van der Waals surface area contributed by atoms with Crippen LogP contribution >= 0.6 is 24.0 Å². The predicted molar refractivity (Wildman–Crippen MR) is 97.5 cm³/mol. The molecular formula is C16H18N2O3S2. The topological polar surface area (TPSA) is 60.9 Å². The summed E-state index contributed by atoms with van der Waals surface area (Å²) in [6, 6.07) is 7.91. The zero-order valence-corrected chi connectivity index (χ0v) is 14.6. The molecule has 0 aromatic heterocycles. The van der Waals surface area contributed by atoms with Crippen molar-refractivity contribution in [1.82, 2.24) is 4.90 Å². The van der Waals surface area contributed by atoms with E-state index in [0.29, 0.717) is 4.91 Å². The molecule has 1 aliphatic heterocycles. The molecule has 1 fully saturated rings. The summed E-state index contributed by atoms with van der Waals surface area (Å²) in [4.78, 5) is 26.8. The van der Waals surface area contributed by atoms with Gasteiger partial charge in [0, 0.05) is 18.8 Å². The first-order valence-electron chi connectivity index (χ1n) is 7.28. The lowest BCUT2D eigenvalue weighted by Crippen LogP contribution is -2.33. The van der Waals surface area contributed by atoms with Gasteiger partial charge in [0.1, 0.15) is 10.9 Å². The molecule has 0 unspecified atom stereocenters. The zero-order valence-electron chi connectivity index (χ0n) is 13.0. The Labute approximate surface area is 145 Å². The van der Waals surface area contributed by atoms with Gasteiger partial charge in [-0.05, 0) is 37.6 Å². The molecule has 122 valence electrons. The van der Waals surface area contributed by atoms with Crippen molar-refractivity contribution in [2.75, 3.05) is 24.5 Å². The minimum atomic E-state index is -1.08. The minimum Gasteiger partial charge on any atom is -0.480 e. The van der Waals surface area contributed by atoms with Crippen LogP contribution in [0.3, 0.4) is 0 Å². The van der Waals surface area contributed by atoms with E-state index in [0.717, 1.165) is 41.0 Å². The van der Waals surface area contributed by atoms with Crippen molar-refractivity contribution in [3.05, 3.63) is 34.7 Å². The molecule has 1 heterocycles. The molecule has 0 aliphatic carbocycles. The van der Waals surface area contributed by atoms with Gasteiger partial charge in [-0.2, -0.15) is 0 Å². The van der Waals surface area contributed by atoms with Crippen LogP contribution in [0.5, 0.6) is 0 Å². The highest BCUT2D eigenvalue weighted by atomic mass is 32.2. The van der Waals surface area contributed by atoms with E-state index in [-0.39, 0.29) is 10.2 Å². The van der Waals surface area contributed by atoms with Crippen molar-refractivity contribution in [2.45, 2.75) is 13.8 Å². The fraction of sp³-hybridized carbons (Fsp3) is 0.312. The third-order valence-corrected chi connectivity index (χ3v) is 4.86. The summed E-state index contributed by atoms with van der Waals surface area (Å²) in [7, 11) is 0. The van der Waals surface area contributed by atoms with Gasteiger partial charge >= 0.3 is 5.97 Å². The van der Waals surface area contributed by atoms with Gasteiger partial charge in [-0.1, -0.05) is 36.1 Å². The van der Waals surface area contributed by atoms with Gasteiger partial charge < -0.3 is 10.0 Å². The van der Waals surface area contributed by atoms with Crippen molar-refractivity contribution in [2.24, 2.45) is 0 Å². The third-order valence-electron chi connectivity index (χ3n) is 3.49. The Bertz CT molecular complexity index is 652. The molecule has 1 amide bonds. The summed E-state index contributed by atoms with van der Waals surface area (Å²) >= 11 is 6.21. The number of carbonyl (C=O) groups is 2. The largest absolute Gasteiger partial charge is 0.480 e. The highest BCUT2D eigenvalue weighted by molar-refractivity contribution is 8.26. The number of carbonyl (C=O) groups excluding carboxylic acids is 1. The van der Waals surface area contributed by atoms with Crippen LogP contribution in [0.25, 0.3) is 6.08 Å². The smallest absolute Gasteiger partial charge is 0.323 e. The lowest BCUT2D eigenvalue weighted by Gasteiger charge is -2.20. The standard InChI is InChI=1S/C16H18N2O3S2/c1-3-17(4-2)12-7-5-11(6-8-12)9-13-15(21)18(10-14(19)20)16(22)23-13/h5-9H,3-4,10H2,1-2H3,(H,19,20)/b13-9+. The van der Waals surface area contributed by atoms with Crippen LogP contribution in [0.2, 0.25) is 0 Å². The molecule has 1 saturated heterocycles. The SMILES string of the molecule is CCN(CC)c1ccc(/C=C2/SC(=S)N(CC(=O)O)C2=O)cc1. The monoisotopic (exact) mass is 350 g/mol. The Morgan fingerprint density at radius 1 is 1.30 bits per heavy atom. The number of carboxylic acid groups (broad SMARTS) is 1. The van der Waals surface area contributed by atoms with E-state index in [1.807, 2.05) is 24.3 Å². The van der Waals surface area contributed by atoms with E-state index in [2.05, 4.69) is 18.7 Å². The van der Waals surface area contributed by atoms with Crippen LogP contribution in [0.4, 0.5) is 5.69 Å². The molecule has 7 heteroatoms. The third kappa shape index (κ3) is 4.11. The number of anilines is 1. The van der Waals surface area contributed by atoms with Crippen molar-refractivity contribution < 1.29 is 14.7 Å². The summed E-state index contributed by atoms with van der Waals surface area (Å²) in [6.45, 7) is 5.67.